The largest absolute Gasteiger partial charge is 0.503 e. The predicted octanol–water partition coefficient (Wildman–Crippen LogP) is 6.01. The zero-order valence-corrected chi connectivity index (χ0v) is 24.9. The van der Waals surface area contributed by atoms with Gasteiger partial charge in [-0.1, -0.05) is 59.0 Å². The minimum atomic E-state index is -0.968. The maximum absolute atomic E-state index is 13.8. The van der Waals surface area contributed by atoms with Crippen molar-refractivity contribution in [2.24, 2.45) is 0 Å². The van der Waals surface area contributed by atoms with Crippen LogP contribution in [0.5, 0.6) is 11.5 Å². The molecule has 2 aromatic heterocycles. The number of hydrogen-bond donors (Lipinski definition) is 1. The molecular weight excluding hydrogens is 569 g/mol. The van der Waals surface area contributed by atoms with Gasteiger partial charge in [-0.05, 0) is 44.0 Å². The van der Waals surface area contributed by atoms with Crippen LogP contribution in [0.25, 0.3) is 0 Å². The summed E-state index contributed by atoms with van der Waals surface area (Å²) in [5.74, 6) is -0.230. The van der Waals surface area contributed by atoms with Crippen LogP contribution in [0.3, 0.4) is 0 Å². The molecule has 0 saturated heterocycles. The second-order valence-electron chi connectivity index (χ2n) is 9.06. The summed E-state index contributed by atoms with van der Waals surface area (Å²) in [6, 6.07) is 12.4. The van der Waals surface area contributed by atoms with Crippen LogP contribution < -0.4 is 14.4 Å². The first-order chi connectivity index (χ1) is 19.2. The highest BCUT2D eigenvalue weighted by Crippen LogP contribution is 2.46. The highest BCUT2D eigenvalue weighted by Gasteiger charge is 2.47. The summed E-state index contributed by atoms with van der Waals surface area (Å²) in [6.07, 6.45) is 0. The summed E-state index contributed by atoms with van der Waals surface area (Å²) >= 11 is 3.94. The Kier molecular flexibility index (Phi) is 7.92. The number of Topliss-reactive ketones (excluding diaryl/α,β-unsaturated/α-hetero) is 1. The lowest BCUT2D eigenvalue weighted by molar-refractivity contribution is -0.117. The molecule has 1 atom stereocenters. The standard InChI is InChI=1S/C28H26N4O5S3/c1-14-6-8-17(9-7-14)13-38-28-31-30-27(40-28)32-22(18-10-11-19(36-4)20(12-18)37-5)21(24(34)26(32)35)23(33)25-15(2)29-16(3)39-25/h6-12,22,34H,13H2,1-5H3. The number of nitrogens with zero attached hydrogens (tertiary/aromatic N) is 4. The number of carbonyl (C=O) groups is 2. The topological polar surface area (TPSA) is 115 Å². The van der Waals surface area contributed by atoms with Crippen molar-refractivity contribution in [2.45, 2.75) is 36.9 Å². The second-order valence-corrected chi connectivity index (χ2v) is 12.4. The third-order valence-corrected chi connectivity index (χ3v) is 9.57. The Morgan fingerprint density at radius 3 is 2.40 bits per heavy atom. The molecule has 40 heavy (non-hydrogen) atoms. The molecule has 1 amide bonds. The Morgan fingerprint density at radius 2 is 1.75 bits per heavy atom. The van der Waals surface area contributed by atoms with Gasteiger partial charge in [0.05, 0.1) is 41.4 Å². The van der Waals surface area contributed by atoms with E-state index in [1.54, 1.807) is 32.0 Å². The third-order valence-electron chi connectivity index (χ3n) is 6.37. The first-order valence-corrected chi connectivity index (χ1v) is 14.8. The van der Waals surface area contributed by atoms with Crippen molar-refractivity contribution < 1.29 is 24.2 Å². The summed E-state index contributed by atoms with van der Waals surface area (Å²) in [4.78, 5) is 33.4. The number of aromatic nitrogens is 3. The Bertz CT molecular complexity index is 1630. The highest BCUT2D eigenvalue weighted by molar-refractivity contribution is 8.00. The number of ether oxygens (including phenoxy) is 2. The van der Waals surface area contributed by atoms with Crippen molar-refractivity contribution in [1.82, 2.24) is 15.2 Å². The molecule has 0 fully saturated rings. The van der Waals surface area contributed by atoms with E-state index in [2.05, 4.69) is 39.4 Å². The first kappa shape index (κ1) is 27.8. The number of aliphatic hydroxyl groups excluding tert-OH is 1. The Balaban J connectivity index is 1.54. The molecule has 1 aliphatic heterocycles. The molecule has 3 heterocycles. The van der Waals surface area contributed by atoms with Gasteiger partial charge in [0.2, 0.25) is 10.9 Å². The predicted molar refractivity (Wildman–Crippen MR) is 156 cm³/mol. The third kappa shape index (κ3) is 5.21. The van der Waals surface area contributed by atoms with Crippen LogP contribution in [0, 0.1) is 20.8 Å². The average Bonchev–Trinajstić information content (AvgIpc) is 3.63. The number of methoxy groups -OCH3 is 2. The van der Waals surface area contributed by atoms with E-state index < -0.39 is 23.5 Å². The number of thiazole rings is 1. The van der Waals surface area contributed by atoms with Gasteiger partial charge in [0.25, 0.3) is 5.91 Å². The van der Waals surface area contributed by atoms with Crippen LogP contribution in [0.1, 0.15) is 43.1 Å². The van der Waals surface area contributed by atoms with Gasteiger partial charge in [-0.15, -0.1) is 21.5 Å². The van der Waals surface area contributed by atoms with Crippen molar-refractivity contribution in [1.29, 1.82) is 0 Å². The number of aryl methyl sites for hydroxylation is 3. The quantitative estimate of drug-likeness (QED) is 0.141. The van der Waals surface area contributed by atoms with E-state index in [9.17, 15) is 14.7 Å². The molecule has 1 unspecified atom stereocenters. The van der Waals surface area contributed by atoms with Gasteiger partial charge in [0, 0.05) is 5.75 Å². The minimum Gasteiger partial charge on any atom is -0.503 e. The summed E-state index contributed by atoms with van der Waals surface area (Å²) < 4.78 is 11.5. The van der Waals surface area contributed by atoms with Gasteiger partial charge in [0.15, 0.2) is 21.6 Å². The summed E-state index contributed by atoms with van der Waals surface area (Å²) in [5, 5.41) is 20.7. The van der Waals surface area contributed by atoms with E-state index in [1.807, 2.05) is 6.92 Å². The van der Waals surface area contributed by atoms with Crippen LogP contribution >= 0.6 is 34.4 Å². The number of anilines is 1. The van der Waals surface area contributed by atoms with E-state index in [0.29, 0.717) is 42.7 Å². The van der Waals surface area contributed by atoms with Crippen LogP contribution in [-0.4, -0.2) is 46.2 Å². The molecule has 0 spiro atoms. The fraction of sp³-hybridized carbons (Fsp3) is 0.250. The van der Waals surface area contributed by atoms with Crippen molar-refractivity contribution in [3.63, 3.8) is 0 Å². The Hall–Kier alpha value is -3.74. The molecule has 0 saturated carbocycles. The maximum Gasteiger partial charge on any atom is 0.296 e. The van der Waals surface area contributed by atoms with Gasteiger partial charge in [-0.3, -0.25) is 14.5 Å². The molecule has 2 aromatic carbocycles. The number of rotatable bonds is 9. The van der Waals surface area contributed by atoms with Crippen LogP contribution in [0.2, 0.25) is 0 Å². The zero-order chi connectivity index (χ0) is 28.6. The van der Waals surface area contributed by atoms with Crippen molar-refractivity contribution in [3.8, 4) is 11.5 Å². The summed E-state index contributed by atoms with van der Waals surface area (Å²) in [6.45, 7) is 5.57. The molecule has 5 rings (SSSR count). The van der Waals surface area contributed by atoms with Crippen molar-refractivity contribution >= 4 is 51.3 Å². The molecule has 1 N–H and O–H groups in total. The van der Waals surface area contributed by atoms with Gasteiger partial charge < -0.3 is 14.6 Å². The maximum atomic E-state index is 13.8. The van der Waals surface area contributed by atoms with Gasteiger partial charge in [-0.2, -0.15) is 0 Å². The SMILES string of the molecule is COc1ccc(C2C(C(=O)c3sc(C)nc3C)=C(O)C(=O)N2c2nnc(SCc3ccc(C)cc3)s2)cc1OC. The normalized spacial score (nSPS) is 15.2. The molecular formula is C28H26N4O5S3. The summed E-state index contributed by atoms with van der Waals surface area (Å²) in [5.41, 5.74) is 3.35. The molecule has 4 aromatic rings. The van der Waals surface area contributed by atoms with Crippen LogP contribution in [0.15, 0.2) is 58.1 Å². The first-order valence-electron chi connectivity index (χ1n) is 12.2. The molecule has 206 valence electrons. The number of amides is 1. The number of benzene rings is 2. The van der Waals surface area contributed by atoms with E-state index >= 15 is 0 Å². The minimum absolute atomic E-state index is 0.0481. The number of ketones is 1. The van der Waals surface area contributed by atoms with Crippen LogP contribution in [-0.2, 0) is 10.5 Å². The number of carbonyl (C=O) groups excluding carboxylic acids is 2. The second kappa shape index (κ2) is 11.4. The highest BCUT2D eigenvalue weighted by atomic mass is 32.2. The average molecular weight is 595 g/mol. The zero-order valence-electron chi connectivity index (χ0n) is 22.4. The van der Waals surface area contributed by atoms with Gasteiger partial charge in [0.1, 0.15) is 0 Å². The van der Waals surface area contributed by atoms with Crippen molar-refractivity contribution in [2.75, 3.05) is 19.1 Å². The lowest BCUT2D eigenvalue weighted by atomic mass is 9.95. The molecule has 0 bridgehead atoms. The molecule has 9 nitrogen and oxygen atoms in total. The van der Waals surface area contributed by atoms with E-state index in [0.717, 1.165) is 5.56 Å². The smallest absolute Gasteiger partial charge is 0.296 e. The van der Waals surface area contributed by atoms with Gasteiger partial charge >= 0.3 is 0 Å². The lowest BCUT2D eigenvalue weighted by Crippen LogP contribution is -2.31. The molecule has 12 heteroatoms. The molecule has 0 aliphatic carbocycles. The molecule has 0 radical (unpaired) electrons. The fourth-order valence-corrected chi connectivity index (χ4v) is 7.12. The monoisotopic (exact) mass is 594 g/mol. The van der Waals surface area contributed by atoms with E-state index in [1.165, 1.54) is 59.1 Å². The number of hydrogen-bond acceptors (Lipinski definition) is 11. The lowest BCUT2D eigenvalue weighted by Gasteiger charge is -2.24. The Labute approximate surface area is 243 Å². The number of aliphatic hydroxyl groups is 1. The van der Waals surface area contributed by atoms with E-state index in [4.69, 9.17) is 9.47 Å². The molecule has 1 aliphatic rings. The van der Waals surface area contributed by atoms with Crippen LogP contribution in [0.4, 0.5) is 5.13 Å². The van der Waals surface area contributed by atoms with Gasteiger partial charge in [-0.25, -0.2) is 4.98 Å². The van der Waals surface area contributed by atoms with E-state index in [-0.39, 0.29) is 10.7 Å². The summed E-state index contributed by atoms with van der Waals surface area (Å²) in [7, 11) is 3.03. The number of thioether (sulfide) groups is 1. The Morgan fingerprint density at radius 1 is 1.02 bits per heavy atom. The fourth-order valence-electron chi connectivity index (χ4n) is 4.42. The van der Waals surface area contributed by atoms with Crippen molar-refractivity contribution in [3.05, 3.63) is 86.1 Å².